The Hall–Kier alpha value is -1.84. The second-order valence-corrected chi connectivity index (χ2v) is 8.40. The van der Waals surface area contributed by atoms with Crippen LogP contribution < -0.4 is 16.0 Å². The van der Waals surface area contributed by atoms with Gasteiger partial charge in [-0.3, -0.25) is 9.59 Å². The Morgan fingerprint density at radius 2 is 1.67 bits per heavy atom. The summed E-state index contributed by atoms with van der Waals surface area (Å²) in [4.78, 5) is 31.0. The molecule has 2 amide bonds. The number of guanidine groups is 1. The van der Waals surface area contributed by atoms with Gasteiger partial charge in [0.1, 0.15) is 0 Å². The van der Waals surface area contributed by atoms with Gasteiger partial charge in [-0.05, 0) is 64.7 Å². The molecule has 0 saturated carbocycles. The summed E-state index contributed by atoms with van der Waals surface area (Å²) in [5, 5.41) is 9.11. The third-order valence-corrected chi connectivity index (χ3v) is 4.54. The summed E-state index contributed by atoms with van der Waals surface area (Å²) in [7, 11) is 0. The van der Waals surface area contributed by atoms with Crippen molar-refractivity contribution in [2.45, 2.75) is 59.0 Å². The first-order valence-corrected chi connectivity index (χ1v) is 10.5. The van der Waals surface area contributed by atoms with E-state index in [1.54, 1.807) is 0 Å². The summed E-state index contributed by atoms with van der Waals surface area (Å²) in [5.41, 5.74) is 1.47. The van der Waals surface area contributed by atoms with Crippen LogP contribution >= 0.6 is 24.0 Å². The molecule has 1 aromatic rings. The van der Waals surface area contributed by atoms with Crippen molar-refractivity contribution < 1.29 is 9.59 Å². The number of rotatable bonds is 6. The van der Waals surface area contributed by atoms with E-state index in [0.29, 0.717) is 19.0 Å². The largest absolute Gasteiger partial charge is 0.357 e. The van der Waals surface area contributed by atoms with Crippen molar-refractivity contribution in [3.63, 3.8) is 0 Å². The molecule has 1 aromatic carbocycles. The van der Waals surface area contributed by atoms with Crippen molar-refractivity contribution in [1.82, 2.24) is 20.9 Å². The highest BCUT2D eigenvalue weighted by molar-refractivity contribution is 14.0. The zero-order valence-electron chi connectivity index (χ0n) is 18.6. The highest BCUT2D eigenvalue weighted by atomic mass is 127. The molecule has 0 atom stereocenters. The maximum absolute atomic E-state index is 12.6. The standard InChI is InChI=1S/C22H35N5O2.HI/c1-5-23-21(25-16-19(28)26-22(2,3)4)24-15-17-9-11-18(12-10-17)20(29)27-13-7-6-8-14-27;/h9-12H,5-8,13-16H2,1-4H3,(H,26,28)(H2,23,24,25);1H. The molecule has 1 aliphatic heterocycles. The minimum Gasteiger partial charge on any atom is -0.357 e. The molecular weight excluding hydrogens is 493 g/mol. The fourth-order valence-corrected chi connectivity index (χ4v) is 3.17. The Balaban J connectivity index is 0.00000450. The van der Waals surface area contributed by atoms with Gasteiger partial charge >= 0.3 is 0 Å². The van der Waals surface area contributed by atoms with Crippen LogP contribution in [-0.2, 0) is 11.3 Å². The monoisotopic (exact) mass is 529 g/mol. The number of aliphatic imine (C=N–C) groups is 1. The zero-order valence-corrected chi connectivity index (χ0v) is 20.9. The Morgan fingerprint density at radius 1 is 1.03 bits per heavy atom. The fourth-order valence-electron chi connectivity index (χ4n) is 3.17. The van der Waals surface area contributed by atoms with Crippen molar-refractivity contribution >= 4 is 41.8 Å². The maximum atomic E-state index is 12.6. The highest BCUT2D eigenvalue weighted by Crippen LogP contribution is 2.14. The first kappa shape index (κ1) is 26.2. The quantitative estimate of drug-likeness (QED) is 0.301. The number of piperidine rings is 1. The van der Waals surface area contributed by atoms with Crippen LogP contribution in [-0.4, -0.2) is 54.4 Å². The normalized spacial score (nSPS) is 14.5. The van der Waals surface area contributed by atoms with Crippen molar-refractivity contribution in [1.29, 1.82) is 0 Å². The van der Waals surface area contributed by atoms with Crippen molar-refractivity contribution in [2.75, 3.05) is 26.2 Å². The minimum absolute atomic E-state index is 0. The molecular formula is C22H36IN5O2. The van der Waals surface area contributed by atoms with Crippen molar-refractivity contribution in [2.24, 2.45) is 4.99 Å². The number of carbonyl (C=O) groups is 2. The molecule has 3 N–H and O–H groups in total. The van der Waals surface area contributed by atoms with Gasteiger partial charge in [-0.25, -0.2) is 4.99 Å². The number of halogens is 1. The average Bonchev–Trinajstić information content (AvgIpc) is 2.69. The molecule has 168 valence electrons. The maximum Gasteiger partial charge on any atom is 0.253 e. The number of nitrogens with one attached hydrogen (secondary N) is 3. The number of likely N-dealkylation sites (tertiary alicyclic amines) is 1. The molecule has 0 bridgehead atoms. The van der Waals surface area contributed by atoms with Crippen LogP contribution in [0.3, 0.4) is 0 Å². The topological polar surface area (TPSA) is 85.8 Å². The number of benzene rings is 1. The minimum atomic E-state index is -0.262. The van der Waals surface area contributed by atoms with E-state index in [1.807, 2.05) is 56.9 Å². The molecule has 7 nitrogen and oxygen atoms in total. The Labute approximate surface area is 197 Å². The SMILES string of the molecule is CCNC(=NCc1ccc(C(=O)N2CCCCC2)cc1)NCC(=O)NC(C)(C)C.I. The van der Waals surface area contributed by atoms with Crippen LogP contribution in [0.5, 0.6) is 0 Å². The van der Waals surface area contributed by atoms with Gasteiger partial charge in [0.15, 0.2) is 5.96 Å². The van der Waals surface area contributed by atoms with Gasteiger partial charge in [-0.2, -0.15) is 0 Å². The number of hydrogen-bond donors (Lipinski definition) is 3. The van der Waals surface area contributed by atoms with E-state index in [2.05, 4.69) is 20.9 Å². The van der Waals surface area contributed by atoms with Gasteiger partial charge in [0.05, 0.1) is 13.1 Å². The van der Waals surface area contributed by atoms with E-state index >= 15 is 0 Å². The first-order valence-electron chi connectivity index (χ1n) is 10.5. The van der Waals surface area contributed by atoms with Crippen LogP contribution in [0.1, 0.15) is 62.9 Å². The number of amides is 2. The fraction of sp³-hybridized carbons (Fsp3) is 0.591. The molecule has 2 rings (SSSR count). The van der Waals surface area contributed by atoms with Gasteiger partial charge in [0.2, 0.25) is 5.91 Å². The van der Waals surface area contributed by atoms with Crippen molar-refractivity contribution in [3.8, 4) is 0 Å². The second kappa shape index (κ2) is 12.8. The summed E-state index contributed by atoms with van der Waals surface area (Å²) in [5.74, 6) is 0.619. The molecule has 0 spiro atoms. The van der Waals surface area contributed by atoms with E-state index in [4.69, 9.17) is 0 Å². The Morgan fingerprint density at radius 3 is 2.23 bits per heavy atom. The average molecular weight is 529 g/mol. The highest BCUT2D eigenvalue weighted by Gasteiger charge is 2.18. The summed E-state index contributed by atoms with van der Waals surface area (Å²) in [6.45, 7) is 10.9. The summed E-state index contributed by atoms with van der Waals surface area (Å²) < 4.78 is 0. The first-order chi connectivity index (χ1) is 13.8. The van der Waals surface area contributed by atoms with Crippen LogP contribution in [0.15, 0.2) is 29.3 Å². The number of carbonyl (C=O) groups excluding carboxylic acids is 2. The summed E-state index contributed by atoms with van der Waals surface area (Å²) in [6.07, 6.45) is 3.39. The Bertz CT molecular complexity index is 707. The van der Waals surface area contributed by atoms with E-state index < -0.39 is 0 Å². The Kier molecular flexibility index (Phi) is 11.1. The third-order valence-electron chi connectivity index (χ3n) is 4.54. The lowest BCUT2D eigenvalue weighted by Crippen LogP contribution is -2.48. The second-order valence-electron chi connectivity index (χ2n) is 8.40. The summed E-state index contributed by atoms with van der Waals surface area (Å²) in [6, 6.07) is 7.63. The number of nitrogens with zero attached hydrogens (tertiary/aromatic N) is 2. The molecule has 0 aromatic heterocycles. The molecule has 1 saturated heterocycles. The molecule has 30 heavy (non-hydrogen) atoms. The van der Waals surface area contributed by atoms with Crippen LogP contribution in [0.4, 0.5) is 0 Å². The van der Waals surface area contributed by atoms with Gasteiger partial charge in [0.25, 0.3) is 5.91 Å². The van der Waals surface area contributed by atoms with Gasteiger partial charge < -0.3 is 20.9 Å². The molecule has 1 aliphatic rings. The molecule has 1 heterocycles. The zero-order chi connectivity index (χ0) is 21.3. The predicted octanol–water partition coefficient (Wildman–Crippen LogP) is 2.90. The van der Waals surface area contributed by atoms with E-state index in [9.17, 15) is 9.59 Å². The van der Waals surface area contributed by atoms with E-state index in [0.717, 1.165) is 37.1 Å². The molecule has 8 heteroatoms. The number of hydrogen-bond acceptors (Lipinski definition) is 3. The third kappa shape index (κ3) is 9.32. The smallest absolute Gasteiger partial charge is 0.253 e. The predicted molar refractivity (Wildman–Crippen MR) is 132 cm³/mol. The van der Waals surface area contributed by atoms with Crippen molar-refractivity contribution in [3.05, 3.63) is 35.4 Å². The molecule has 1 fully saturated rings. The molecule has 0 radical (unpaired) electrons. The molecule has 0 unspecified atom stereocenters. The van der Waals surface area contributed by atoms with Crippen LogP contribution in [0.2, 0.25) is 0 Å². The van der Waals surface area contributed by atoms with Gasteiger partial charge in [0, 0.05) is 30.7 Å². The van der Waals surface area contributed by atoms with Crippen LogP contribution in [0.25, 0.3) is 0 Å². The lowest BCUT2D eigenvalue weighted by atomic mass is 10.1. The van der Waals surface area contributed by atoms with Gasteiger partial charge in [-0.1, -0.05) is 12.1 Å². The van der Waals surface area contributed by atoms with Gasteiger partial charge in [-0.15, -0.1) is 24.0 Å². The lowest BCUT2D eigenvalue weighted by Gasteiger charge is -2.26. The lowest BCUT2D eigenvalue weighted by molar-refractivity contribution is -0.121. The van der Waals surface area contributed by atoms with Crippen LogP contribution in [0, 0.1) is 0 Å². The van der Waals surface area contributed by atoms with E-state index in [-0.39, 0.29) is 47.9 Å². The summed E-state index contributed by atoms with van der Waals surface area (Å²) >= 11 is 0. The molecule has 0 aliphatic carbocycles. The van der Waals surface area contributed by atoms with E-state index in [1.165, 1.54) is 6.42 Å².